The number of hydrogen-bond donors (Lipinski definition) is 1. The van der Waals surface area contributed by atoms with Gasteiger partial charge in [-0.15, -0.1) is 0 Å². The highest BCUT2D eigenvalue weighted by atomic mass is 32.1. The molecule has 0 bridgehead atoms. The molecule has 2 rings (SSSR count). The fourth-order valence-electron chi connectivity index (χ4n) is 1.85. The Hall–Kier alpha value is -0.845. The highest BCUT2D eigenvalue weighted by Crippen LogP contribution is 2.38. The van der Waals surface area contributed by atoms with Crippen molar-refractivity contribution in [2.24, 2.45) is 0 Å². The Morgan fingerprint density at radius 1 is 1.30 bits per heavy atom. The van der Waals surface area contributed by atoms with Crippen LogP contribution in [0, 0.1) is 5.82 Å². The van der Waals surface area contributed by atoms with Crippen LogP contribution in [0.5, 0.6) is 0 Å². The first-order valence-electron chi connectivity index (χ1n) is 6.54. The van der Waals surface area contributed by atoms with E-state index in [9.17, 15) is 4.39 Å². The summed E-state index contributed by atoms with van der Waals surface area (Å²) in [6.45, 7) is 8.00. The summed E-state index contributed by atoms with van der Waals surface area (Å²) in [5.41, 5.74) is 0.738. The molecule has 0 N–H and O–H groups in total. The minimum absolute atomic E-state index is 0.356. The van der Waals surface area contributed by atoms with Gasteiger partial charge in [0.2, 0.25) is 0 Å². The average molecular weight is 295 g/mol. The van der Waals surface area contributed by atoms with Gasteiger partial charge in [0.05, 0.1) is 23.1 Å². The van der Waals surface area contributed by atoms with Crippen LogP contribution in [0.4, 0.5) is 4.39 Å². The van der Waals surface area contributed by atoms with E-state index >= 15 is 0 Å². The molecule has 0 unspecified atom stereocenters. The summed E-state index contributed by atoms with van der Waals surface area (Å²) in [6.07, 6.45) is 3.01. The summed E-state index contributed by atoms with van der Waals surface area (Å²) in [5.74, 6) is 0.126. The van der Waals surface area contributed by atoms with Gasteiger partial charge in [0, 0.05) is 5.75 Å². The molecule has 1 aliphatic heterocycles. The number of nitrogens with zero attached hydrogens (tertiary/aromatic N) is 1. The number of rotatable bonds is 3. The first kappa shape index (κ1) is 15.5. The van der Waals surface area contributed by atoms with Crippen LogP contribution in [0.15, 0.2) is 23.8 Å². The van der Waals surface area contributed by atoms with Gasteiger partial charge in [0.25, 0.3) is 0 Å². The van der Waals surface area contributed by atoms with Crippen molar-refractivity contribution in [3.8, 4) is 0 Å². The second-order valence-corrected chi connectivity index (χ2v) is 6.18. The second kappa shape index (κ2) is 5.50. The Labute approximate surface area is 125 Å². The Kier molecular flexibility index (Phi) is 4.28. The van der Waals surface area contributed by atoms with E-state index in [1.54, 1.807) is 6.07 Å². The molecular formula is C14H19BFNO2S. The van der Waals surface area contributed by atoms with Gasteiger partial charge in [-0.05, 0) is 51.4 Å². The molecule has 3 nitrogen and oxygen atoms in total. The largest absolute Gasteiger partial charge is 0.491 e. The minimum atomic E-state index is -0.454. The maximum atomic E-state index is 12.9. The number of hydrogen-bond acceptors (Lipinski definition) is 4. The zero-order chi connectivity index (χ0) is 15.0. The van der Waals surface area contributed by atoms with Crippen molar-refractivity contribution in [1.29, 1.82) is 0 Å². The minimum Gasteiger partial charge on any atom is -0.400 e. The van der Waals surface area contributed by atoms with Crippen molar-refractivity contribution in [1.82, 2.24) is 4.98 Å². The molecule has 1 aromatic heterocycles. The van der Waals surface area contributed by atoms with Gasteiger partial charge in [-0.2, -0.15) is 12.6 Å². The fraction of sp³-hybridized carbons (Fsp3) is 0.500. The molecule has 0 aliphatic carbocycles. The Morgan fingerprint density at radius 2 is 1.90 bits per heavy atom. The van der Waals surface area contributed by atoms with Gasteiger partial charge in [-0.3, -0.25) is 4.98 Å². The van der Waals surface area contributed by atoms with Crippen molar-refractivity contribution in [3.63, 3.8) is 0 Å². The smallest absolute Gasteiger partial charge is 0.400 e. The van der Waals surface area contributed by atoms with Gasteiger partial charge in [0.15, 0.2) is 0 Å². The highest BCUT2D eigenvalue weighted by molar-refractivity contribution is 7.80. The molecule has 0 amide bonds. The van der Waals surface area contributed by atoms with E-state index in [2.05, 4.69) is 17.6 Å². The molecule has 0 atom stereocenters. The molecule has 0 radical (unpaired) electrons. The summed E-state index contributed by atoms with van der Waals surface area (Å²) in [4.78, 5) is 4.01. The standard InChI is InChI=1S/C14H19BFNO2S/c1-13(2)14(3,4)19-15(18-13)10(9-20)7-12-6-5-11(16)8-17-12/h5-8,20H,9H2,1-4H3. The van der Waals surface area contributed by atoms with Crippen molar-refractivity contribution in [2.75, 3.05) is 5.75 Å². The molecule has 2 heterocycles. The second-order valence-electron chi connectivity index (χ2n) is 5.87. The monoisotopic (exact) mass is 295 g/mol. The molecule has 1 aliphatic rings. The third kappa shape index (κ3) is 3.08. The molecular weight excluding hydrogens is 276 g/mol. The predicted octanol–water partition coefficient (Wildman–Crippen LogP) is 3.17. The molecule has 0 aromatic carbocycles. The van der Waals surface area contributed by atoms with E-state index in [1.165, 1.54) is 12.3 Å². The number of pyridine rings is 1. The summed E-state index contributed by atoms with van der Waals surface area (Å²) < 4.78 is 24.8. The van der Waals surface area contributed by atoms with Gasteiger partial charge >= 0.3 is 7.12 Å². The van der Waals surface area contributed by atoms with Crippen LogP contribution < -0.4 is 0 Å². The Bertz CT molecular complexity index is 500. The topological polar surface area (TPSA) is 31.4 Å². The van der Waals surface area contributed by atoms with E-state index < -0.39 is 18.3 Å². The van der Waals surface area contributed by atoms with Crippen molar-refractivity contribution < 1.29 is 13.7 Å². The normalized spacial score (nSPS) is 21.3. The number of aromatic nitrogens is 1. The molecule has 6 heteroatoms. The lowest BCUT2D eigenvalue weighted by Crippen LogP contribution is -2.41. The zero-order valence-corrected chi connectivity index (χ0v) is 13.1. The van der Waals surface area contributed by atoms with Crippen molar-refractivity contribution in [3.05, 3.63) is 35.3 Å². The van der Waals surface area contributed by atoms with Crippen LogP contribution >= 0.6 is 12.6 Å². The van der Waals surface area contributed by atoms with E-state index in [0.717, 1.165) is 5.47 Å². The van der Waals surface area contributed by atoms with E-state index in [0.29, 0.717) is 11.4 Å². The Balaban J connectivity index is 2.24. The molecule has 108 valence electrons. The van der Waals surface area contributed by atoms with Crippen LogP contribution in [0.2, 0.25) is 0 Å². The molecule has 20 heavy (non-hydrogen) atoms. The zero-order valence-electron chi connectivity index (χ0n) is 12.2. The fourth-order valence-corrected chi connectivity index (χ4v) is 2.09. The SMILES string of the molecule is CC1(C)OB(C(=Cc2ccc(F)cn2)CS)OC1(C)C. The molecule has 0 saturated carbocycles. The van der Waals surface area contributed by atoms with Crippen LogP contribution in [-0.2, 0) is 9.31 Å². The van der Waals surface area contributed by atoms with Crippen LogP contribution in [-0.4, -0.2) is 29.1 Å². The number of halogens is 1. The molecule has 1 fully saturated rings. The predicted molar refractivity (Wildman–Crippen MR) is 82.1 cm³/mol. The molecule has 1 saturated heterocycles. The van der Waals surface area contributed by atoms with Crippen LogP contribution in [0.1, 0.15) is 33.4 Å². The summed E-state index contributed by atoms with van der Waals surface area (Å²) in [6, 6.07) is 2.99. The van der Waals surface area contributed by atoms with Gasteiger partial charge in [-0.1, -0.05) is 0 Å². The highest BCUT2D eigenvalue weighted by Gasteiger charge is 2.52. The summed E-state index contributed by atoms with van der Waals surface area (Å²) in [7, 11) is -0.454. The van der Waals surface area contributed by atoms with E-state index in [-0.39, 0.29) is 5.82 Å². The maximum absolute atomic E-state index is 12.9. The summed E-state index contributed by atoms with van der Waals surface area (Å²) in [5, 5.41) is 0. The third-order valence-electron chi connectivity index (χ3n) is 3.82. The van der Waals surface area contributed by atoms with E-state index in [4.69, 9.17) is 9.31 Å². The third-order valence-corrected chi connectivity index (χ3v) is 4.19. The van der Waals surface area contributed by atoms with E-state index in [1.807, 2.05) is 33.8 Å². The number of thiol groups is 1. The van der Waals surface area contributed by atoms with Crippen LogP contribution in [0.25, 0.3) is 6.08 Å². The van der Waals surface area contributed by atoms with Gasteiger partial charge in [0.1, 0.15) is 5.82 Å². The lowest BCUT2D eigenvalue weighted by molar-refractivity contribution is 0.00578. The Morgan fingerprint density at radius 3 is 2.35 bits per heavy atom. The van der Waals surface area contributed by atoms with Crippen LogP contribution in [0.3, 0.4) is 0 Å². The van der Waals surface area contributed by atoms with Crippen molar-refractivity contribution >= 4 is 25.8 Å². The van der Waals surface area contributed by atoms with Gasteiger partial charge < -0.3 is 9.31 Å². The molecule has 0 spiro atoms. The maximum Gasteiger partial charge on any atom is 0.491 e. The molecule has 1 aromatic rings. The van der Waals surface area contributed by atoms with Crippen molar-refractivity contribution in [2.45, 2.75) is 38.9 Å². The quantitative estimate of drug-likeness (QED) is 0.686. The van der Waals surface area contributed by atoms with Gasteiger partial charge in [-0.25, -0.2) is 4.39 Å². The first-order chi connectivity index (χ1) is 9.25. The lowest BCUT2D eigenvalue weighted by Gasteiger charge is -2.32. The summed E-state index contributed by atoms with van der Waals surface area (Å²) >= 11 is 4.32. The first-order valence-corrected chi connectivity index (χ1v) is 7.17. The average Bonchev–Trinajstić information content (AvgIpc) is 2.57. The lowest BCUT2D eigenvalue weighted by atomic mass is 9.78.